The number of phenolic OH excluding ortho intramolecular Hbond substituents is 2. The highest BCUT2D eigenvalue weighted by molar-refractivity contribution is 7.80. The maximum atomic E-state index is 13.8. The molecule has 0 saturated carbocycles. The second-order valence-electron chi connectivity index (χ2n) is 8.39. The summed E-state index contributed by atoms with van der Waals surface area (Å²) in [4.78, 5) is 13.8. The molecule has 0 aromatic heterocycles. The molecule has 1 heterocycles. The van der Waals surface area contributed by atoms with E-state index in [1.54, 1.807) is 60.7 Å². The molecular weight excluding hydrogens is 559 g/mol. The first kappa shape index (κ1) is 28.0. The number of ketones is 1. The number of phenols is 2. The van der Waals surface area contributed by atoms with Crippen LogP contribution in [0.2, 0.25) is 10.0 Å². The Balaban J connectivity index is 1.82. The summed E-state index contributed by atoms with van der Waals surface area (Å²) in [6.07, 6.45) is 6.49. The smallest absolute Gasteiger partial charge is 0.186 e. The van der Waals surface area contributed by atoms with Crippen LogP contribution in [0, 0.1) is 0 Å². The van der Waals surface area contributed by atoms with Crippen LogP contribution in [-0.4, -0.2) is 35.3 Å². The highest BCUT2D eigenvalue weighted by Gasteiger charge is 2.32. The molecule has 10 heteroatoms. The third-order valence-corrected chi connectivity index (χ3v) is 6.81. The molecule has 0 fully saturated rings. The van der Waals surface area contributed by atoms with Crippen LogP contribution >= 0.6 is 35.4 Å². The average molecular weight is 583 g/mol. The van der Waals surface area contributed by atoms with Crippen molar-refractivity contribution in [2.75, 3.05) is 14.2 Å². The summed E-state index contributed by atoms with van der Waals surface area (Å²) in [6, 6.07) is 14.0. The molecule has 0 radical (unpaired) electrons. The van der Waals surface area contributed by atoms with Crippen LogP contribution in [0.4, 0.5) is 0 Å². The van der Waals surface area contributed by atoms with Crippen molar-refractivity contribution in [1.82, 2.24) is 10.6 Å². The van der Waals surface area contributed by atoms with E-state index in [1.165, 1.54) is 32.4 Å². The summed E-state index contributed by atoms with van der Waals surface area (Å²) in [6.45, 7) is 0. The van der Waals surface area contributed by atoms with Crippen LogP contribution < -0.4 is 20.1 Å². The molecule has 3 aromatic carbocycles. The first-order valence-corrected chi connectivity index (χ1v) is 12.8. The summed E-state index contributed by atoms with van der Waals surface area (Å²) in [5.74, 6) is 0.251. The van der Waals surface area contributed by atoms with Gasteiger partial charge in [-0.25, -0.2) is 0 Å². The molecular formula is C29H24Cl2N2O5S. The Morgan fingerprint density at radius 1 is 0.897 bits per heavy atom. The third kappa shape index (κ3) is 6.37. The van der Waals surface area contributed by atoms with E-state index in [9.17, 15) is 15.0 Å². The van der Waals surface area contributed by atoms with E-state index in [2.05, 4.69) is 10.6 Å². The number of rotatable bonds is 8. The number of carbonyl (C=O) groups excluding carboxylic acids is 1. The van der Waals surface area contributed by atoms with Crippen molar-refractivity contribution >= 4 is 58.5 Å². The molecule has 4 N–H and O–H groups in total. The topological polar surface area (TPSA) is 100 Å². The van der Waals surface area contributed by atoms with E-state index in [-0.39, 0.29) is 28.1 Å². The van der Waals surface area contributed by atoms with Gasteiger partial charge in [-0.1, -0.05) is 53.6 Å². The molecule has 1 atom stereocenters. The summed E-state index contributed by atoms with van der Waals surface area (Å²) < 4.78 is 10.4. The molecule has 1 unspecified atom stereocenters. The molecule has 1 aliphatic rings. The Kier molecular flexibility index (Phi) is 8.81. The SMILES string of the molecule is COc1cc(/C=C/C(=O)C2=C(/C=C/c3ccc(O)c(OC)c3)NC(=S)NC2c2c(Cl)cccc2Cl)ccc1O. The third-order valence-electron chi connectivity index (χ3n) is 5.93. The van der Waals surface area contributed by atoms with E-state index >= 15 is 0 Å². The second-order valence-corrected chi connectivity index (χ2v) is 9.61. The van der Waals surface area contributed by atoms with Crippen molar-refractivity contribution in [3.63, 3.8) is 0 Å². The molecule has 0 amide bonds. The summed E-state index contributed by atoms with van der Waals surface area (Å²) >= 11 is 18.5. The Hall–Kier alpha value is -3.98. The zero-order valence-corrected chi connectivity index (χ0v) is 23.2. The molecule has 7 nitrogen and oxygen atoms in total. The summed E-state index contributed by atoms with van der Waals surface area (Å²) in [5.41, 5.74) is 2.62. The lowest BCUT2D eigenvalue weighted by molar-refractivity contribution is -0.111. The van der Waals surface area contributed by atoms with Gasteiger partial charge in [0.1, 0.15) is 0 Å². The van der Waals surface area contributed by atoms with Gasteiger partial charge in [-0.05, 0) is 71.9 Å². The fourth-order valence-corrected chi connectivity index (χ4v) is 4.87. The lowest BCUT2D eigenvalue weighted by Crippen LogP contribution is -2.45. The van der Waals surface area contributed by atoms with Gasteiger partial charge in [-0.15, -0.1) is 0 Å². The molecule has 1 aliphatic heterocycles. The zero-order chi connectivity index (χ0) is 28.1. The average Bonchev–Trinajstić information content (AvgIpc) is 2.91. The standard InChI is InChI=1S/C29H24Cl2N2O5S/c1-37-24-14-16(7-11-21(24)34)6-10-20-27(23(36)13-9-17-8-12-22(35)25(15-17)38-2)28(33-29(39)32-20)26-18(30)4-3-5-19(26)31/h3-15,28,34-35H,1-2H3,(H2,32,33,39)/b10-6+,13-9+. The maximum Gasteiger partial charge on any atom is 0.186 e. The van der Waals surface area contributed by atoms with E-state index < -0.39 is 6.04 Å². The summed E-state index contributed by atoms with van der Waals surface area (Å²) in [7, 11) is 2.91. The first-order chi connectivity index (χ1) is 18.7. The largest absolute Gasteiger partial charge is 0.504 e. The molecule has 3 aromatic rings. The molecule has 0 bridgehead atoms. The van der Waals surface area contributed by atoms with Crippen LogP contribution in [-0.2, 0) is 4.79 Å². The first-order valence-electron chi connectivity index (χ1n) is 11.6. The predicted molar refractivity (Wildman–Crippen MR) is 157 cm³/mol. The van der Waals surface area contributed by atoms with E-state index in [1.807, 2.05) is 0 Å². The van der Waals surface area contributed by atoms with Crippen LogP contribution in [0.15, 0.2) is 78.0 Å². The number of ether oxygens (including phenoxy) is 2. The van der Waals surface area contributed by atoms with Crippen LogP contribution in [0.5, 0.6) is 23.0 Å². The number of aromatic hydroxyl groups is 2. The number of thiocarbonyl (C=S) groups is 1. The maximum absolute atomic E-state index is 13.8. The summed E-state index contributed by atoms with van der Waals surface area (Å²) in [5, 5.41) is 27.0. The van der Waals surface area contributed by atoms with Crippen molar-refractivity contribution in [1.29, 1.82) is 0 Å². The Labute approximate surface area is 241 Å². The lowest BCUT2D eigenvalue weighted by atomic mass is 9.91. The van der Waals surface area contributed by atoms with Crippen molar-refractivity contribution < 1.29 is 24.5 Å². The minimum Gasteiger partial charge on any atom is -0.504 e. The Morgan fingerprint density at radius 2 is 1.46 bits per heavy atom. The molecule has 4 rings (SSSR count). The van der Waals surface area contributed by atoms with E-state index in [0.717, 1.165) is 0 Å². The highest BCUT2D eigenvalue weighted by atomic mass is 35.5. The number of nitrogens with one attached hydrogen (secondary N) is 2. The Bertz CT molecular complexity index is 1510. The number of carbonyl (C=O) groups is 1. The normalized spacial score (nSPS) is 15.4. The van der Waals surface area contributed by atoms with Gasteiger partial charge in [0.15, 0.2) is 33.9 Å². The van der Waals surface area contributed by atoms with Crippen LogP contribution in [0.1, 0.15) is 22.7 Å². The minimum atomic E-state index is -0.750. The number of methoxy groups -OCH3 is 2. The van der Waals surface area contributed by atoms with Gasteiger partial charge in [0.25, 0.3) is 0 Å². The van der Waals surface area contributed by atoms with Crippen LogP contribution in [0.25, 0.3) is 12.2 Å². The zero-order valence-electron chi connectivity index (χ0n) is 20.9. The predicted octanol–water partition coefficient (Wildman–Crippen LogP) is 6.19. The quantitative estimate of drug-likeness (QED) is 0.184. The van der Waals surface area contributed by atoms with E-state index in [4.69, 9.17) is 44.9 Å². The van der Waals surface area contributed by atoms with Gasteiger partial charge in [0.2, 0.25) is 0 Å². The van der Waals surface area contributed by atoms with Gasteiger partial charge in [0, 0.05) is 26.9 Å². The molecule has 200 valence electrons. The fraction of sp³-hybridized carbons (Fsp3) is 0.103. The van der Waals surface area contributed by atoms with Crippen molar-refractivity contribution in [3.8, 4) is 23.0 Å². The van der Waals surface area contributed by atoms with Gasteiger partial charge in [-0.3, -0.25) is 4.79 Å². The number of benzene rings is 3. The van der Waals surface area contributed by atoms with Gasteiger partial charge in [0.05, 0.1) is 20.3 Å². The molecule has 0 saturated heterocycles. The van der Waals surface area contributed by atoms with Crippen LogP contribution in [0.3, 0.4) is 0 Å². The number of allylic oxidation sites excluding steroid dienone is 2. The molecule has 0 spiro atoms. The number of halogens is 2. The fourth-order valence-electron chi connectivity index (χ4n) is 4.03. The Morgan fingerprint density at radius 3 is 2.03 bits per heavy atom. The minimum absolute atomic E-state index is 0.00956. The van der Waals surface area contributed by atoms with E-state index in [0.29, 0.717) is 43.8 Å². The van der Waals surface area contributed by atoms with Crippen molar-refractivity contribution in [2.24, 2.45) is 0 Å². The van der Waals surface area contributed by atoms with Gasteiger partial charge < -0.3 is 30.3 Å². The lowest BCUT2D eigenvalue weighted by Gasteiger charge is -2.31. The van der Waals surface area contributed by atoms with Gasteiger partial charge in [-0.2, -0.15) is 0 Å². The van der Waals surface area contributed by atoms with Crippen molar-refractivity contribution in [3.05, 3.63) is 105 Å². The highest BCUT2D eigenvalue weighted by Crippen LogP contribution is 2.37. The number of hydrogen-bond acceptors (Lipinski definition) is 6. The monoisotopic (exact) mass is 582 g/mol. The number of hydrogen-bond donors (Lipinski definition) is 4. The molecule has 39 heavy (non-hydrogen) atoms. The molecule has 0 aliphatic carbocycles. The second kappa shape index (κ2) is 12.3. The van der Waals surface area contributed by atoms with Crippen molar-refractivity contribution in [2.45, 2.75) is 6.04 Å². The van der Waals surface area contributed by atoms with Gasteiger partial charge >= 0.3 is 0 Å².